The summed E-state index contributed by atoms with van der Waals surface area (Å²) >= 11 is 0. The fraction of sp³-hybridized carbons (Fsp3) is 1.00. The molecule has 0 N–H and O–H groups in total. The van der Waals surface area contributed by atoms with E-state index in [1.54, 1.807) is 0 Å². The molecule has 4 aliphatic carbocycles. The third kappa shape index (κ3) is 3.59. The molecule has 4 aliphatic rings. The molecular formula is C22H42OSi2. The molecular weight excluding hydrogens is 336 g/mol. The first-order valence-corrected chi connectivity index (χ1v) is 17.0. The monoisotopic (exact) mass is 378 g/mol. The Bertz CT molecular complexity index is 355. The van der Waals surface area contributed by atoms with Crippen LogP contribution in [0, 0.1) is 0 Å². The van der Waals surface area contributed by atoms with Crippen LogP contribution in [0.1, 0.15) is 103 Å². The minimum Gasteiger partial charge on any atom is -0.454 e. The number of hydrogen-bond acceptors (Lipinski definition) is 1. The molecule has 0 amide bonds. The van der Waals surface area contributed by atoms with Gasteiger partial charge < -0.3 is 4.12 Å². The van der Waals surface area contributed by atoms with Crippen molar-refractivity contribution in [2.24, 2.45) is 0 Å². The van der Waals surface area contributed by atoms with Gasteiger partial charge in [0.15, 0.2) is 16.6 Å². The molecule has 0 aromatic carbocycles. The zero-order chi connectivity index (χ0) is 17.3. The zero-order valence-electron chi connectivity index (χ0n) is 17.0. The summed E-state index contributed by atoms with van der Waals surface area (Å²) < 4.78 is 7.84. The minimum absolute atomic E-state index is 1.00. The molecule has 0 aromatic rings. The normalized spacial score (nSPS) is 28.6. The van der Waals surface area contributed by atoms with Gasteiger partial charge in [-0.3, -0.25) is 0 Å². The van der Waals surface area contributed by atoms with Crippen LogP contribution in [0.2, 0.25) is 35.3 Å². The fourth-order valence-corrected chi connectivity index (χ4v) is 21.5. The quantitative estimate of drug-likeness (QED) is 0.426. The van der Waals surface area contributed by atoms with Crippen molar-refractivity contribution in [3.63, 3.8) is 0 Å². The summed E-state index contributed by atoms with van der Waals surface area (Å²) in [7, 11) is -3.18. The van der Waals surface area contributed by atoms with Crippen molar-refractivity contribution in [2.75, 3.05) is 0 Å². The van der Waals surface area contributed by atoms with Gasteiger partial charge >= 0.3 is 0 Å². The molecule has 4 fully saturated rings. The third-order valence-corrected chi connectivity index (χ3v) is 21.4. The van der Waals surface area contributed by atoms with Crippen molar-refractivity contribution in [1.82, 2.24) is 0 Å². The maximum absolute atomic E-state index is 7.84. The number of rotatable bonds is 6. The lowest BCUT2D eigenvalue weighted by Crippen LogP contribution is -2.56. The van der Waals surface area contributed by atoms with Crippen molar-refractivity contribution >= 4 is 16.6 Å². The lowest BCUT2D eigenvalue weighted by Gasteiger charge is -2.50. The highest BCUT2D eigenvalue weighted by atomic mass is 28.4. The van der Waals surface area contributed by atoms with E-state index < -0.39 is 16.6 Å². The summed E-state index contributed by atoms with van der Waals surface area (Å²) in [5.74, 6) is 0. The van der Waals surface area contributed by atoms with Gasteiger partial charge in [-0.2, -0.15) is 0 Å². The molecule has 0 atom stereocenters. The first-order valence-electron chi connectivity index (χ1n) is 11.8. The molecule has 0 radical (unpaired) electrons. The second-order valence-electron chi connectivity index (χ2n) is 10.4. The third-order valence-electron chi connectivity index (χ3n) is 9.10. The Morgan fingerprint density at radius 2 is 0.640 bits per heavy atom. The molecule has 0 bridgehead atoms. The Hall–Kier alpha value is 0.394. The second-order valence-corrected chi connectivity index (χ2v) is 19.2. The summed E-state index contributed by atoms with van der Waals surface area (Å²) in [4.78, 5) is 0. The molecule has 0 saturated heterocycles. The molecule has 0 spiro atoms. The van der Waals surface area contributed by atoms with Gasteiger partial charge in [-0.1, -0.05) is 103 Å². The van der Waals surface area contributed by atoms with Gasteiger partial charge in [0.2, 0.25) is 0 Å². The standard InChI is InChI=1S/C22H42OSi2/c1-24(19-11-3-4-12-19,20-13-5-6-14-20)23-25(2,21-15-7-8-16-21)22-17-9-10-18-22/h19-22H,3-18H2,1-2H3. The van der Waals surface area contributed by atoms with Crippen LogP contribution >= 0.6 is 0 Å². The van der Waals surface area contributed by atoms with Crippen LogP contribution in [0.5, 0.6) is 0 Å². The van der Waals surface area contributed by atoms with Gasteiger partial charge in [0.1, 0.15) is 0 Å². The highest BCUT2D eigenvalue weighted by molar-refractivity contribution is 6.88. The van der Waals surface area contributed by atoms with Gasteiger partial charge in [0, 0.05) is 0 Å². The van der Waals surface area contributed by atoms with E-state index in [2.05, 4.69) is 13.1 Å². The van der Waals surface area contributed by atoms with E-state index in [4.69, 9.17) is 4.12 Å². The average molecular weight is 379 g/mol. The topological polar surface area (TPSA) is 9.23 Å². The Morgan fingerprint density at radius 3 is 0.840 bits per heavy atom. The molecule has 4 rings (SSSR count). The lowest BCUT2D eigenvalue weighted by atomic mass is 10.3. The second kappa shape index (κ2) is 7.79. The van der Waals surface area contributed by atoms with Crippen LogP contribution in [-0.2, 0) is 4.12 Å². The molecule has 0 heterocycles. The van der Waals surface area contributed by atoms with Gasteiger partial charge in [-0.15, -0.1) is 0 Å². The minimum atomic E-state index is -1.59. The molecule has 4 saturated carbocycles. The Kier molecular flexibility index (Phi) is 5.84. The lowest BCUT2D eigenvalue weighted by molar-refractivity contribution is 0.436. The van der Waals surface area contributed by atoms with Crippen LogP contribution in [0.15, 0.2) is 0 Å². The fourth-order valence-electron chi connectivity index (χ4n) is 7.47. The Labute approximate surface area is 159 Å². The summed E-state index contributed by atoms with van der Waals surface area (Å²) in [6.45, 7) is 5.49. The van der Waals surface area contributed by atoms with Crippen LogP contribution < -0.4 is 0 Å². The largest absolute Gasteiger partial charge is 0.454 e. The predicted octanol–water partition coefficient (Wildman–Crippen LogP) is 7.93. The van der Waals surface area contributed by atoms with Crippen molar-refractivity contribution in [2.45, 2.75) is 138 Å². The van der Waals surface area contributed by atoms with E-state index in [1.807, 2.05) is 0 Å². The Balaban J connectivity index is 1.62. The van der Waals surface area contributed by atoms with Crippen LogP contribution in [-0.4, -0.2) is 16.6 Å². The molecule has 1 nitrogen and oxygen atoms in total. The van der Waals surface area contributed by atoms with E-state index in [0.29, 0.717) is 0 Å². The average Bonchev–Trinajstić information content (AvgIpc) is 3.45. The van der Waals surface area contributed by atoms with Gasteiger partial charge in [0.05, 0.1) is 0 Å². The molecule has 144 valence electrons. The molecule has 3 heteroatoms. The maximum atomic E-state index is 7.84. The SMILES string of the molecule is C[Si](O[Si](C)(C1CCCC1)C1CCCC1)(C1CCCC1)C1CCCC1. The van der Waals surface area contributed by atoms with Crippen LogP contribution in [0.3, 0.4) is 0 Å². The van der Waals surface area contributed by atoms with Crippen LogP contribution in [0.4, 0.5) is 0 Å². The van der Waals surface area contributed by atoms with Crippen molar-refractivity contribution in [3.05, 3.63) is 0 Å². The van der Waals surface area contributed by atoms with Gasteiger partial charge in [0.25, 0.3) is 0 Å². The highest BCUT2D eigenvalue weighted by Gasteiger charge is 2.55. The van der Waals surface area contributed by atoms with Crippen molar-refractivity contribution in [3.8, 4) is 0 Å². The first kappa shape index (κ1) is 18.7. The van der Waals surface area contributed by atoms with Gasteiger partial charge in [-0.05, 0) is 35.3 Å². The highest BCUT2D eigenvalue weighted by Crippen LogP contribution is 2.57. The van der Waals surface area contributed by atoms with E-state index in [1.165, 1.54) is 103 Å². The Morgan fingerprint density at radius 1 is 0.440 bits per heavy atom. The smallest absolute Gasteiger partial charge is 0.182 e. The predicted molar refractivity (Wildman–Crippen MR) is 113 cm³/mol. The molecule has 25 heavy (non-hydrogen) atoms. The summed E-state index contributed by atoms with van der Waals surface area (Å²) in [6, 6.07) is 0. The summed E-state index contributed by atoms with van der Waals surface area (Å²) in [6.07, 6.45) is 24.1. The van der Waals surface area contributed by atoms with Crippen molar-refractivity contribution in [1.29, 1.82) is 0 Å². The molecule has 0 aliphatic heterocycles. The van der Waals surface area contributed by atoms with Crippen LogP contribution in [0.25, 0.3) is 0 Å². The number of hydrogen-bond donors (Lipinski definition) is 0. The van der Waals surface area contributed by atoms with Gasteiger partial charge in [-0.25, -0.2) is 0 Å². The zero-order valence-corrected chi connectivity index (χ0v) is 19.0. The van der Waals surface area contributed by atoms with Crippen molar-refractivity contribution < 1.29 is 4.12 Å². The molecule has 0 aromatic heterocycles. The first-order chi connectivity index (χ1) is 12.1. The van der Waals surface area contributed by atoms with E-state index >= 15 is 0 Å². The summed E-state index contributed by atoms with van der Waals surface area (Å²) in [5.41, 5.74) is 4.02. The summed E-state index contributed by atoms with van der Waals surface area (Å²) in [5, 5.41) is 0. The van der Waals surface area contributed by atoms with E-state index in [0.717, 1.165) is 22.2 Å². The van der Waals surface area contributed by atoms with E-state index in [-0.39, 0.29) is 0 Å². The molecule has 0 unspecified atom stereocenters. The maximum Gasteiger partial charge on any atom is 0.182 e. The van der Waals surface area contributed by atoms with E-state index in [9.17, 15) is 0 Å².